The van der Waals surface area contributed by atoms with Crippen LogP contribution in [-0.2, 0) is 5.88 Å². The van der Waals surface area contributed by atoms with Crippen LogP contribution in [0.3, 0.4) is 0 Å². The lowest BCUT2D eigenvalue weighted by molar-refractivity contribution is 0.145. The molecular weight excluding hydrogens is 200 g/mol. The van der Waals surface area contributed by atoms with Gasteiger partial charge < -0.3 is 11.5 Å². The lowest BCUT2D eigenvalue weighted by Gasteiger charge is -2.08. The molecule has 0 radical (unpaired) electrons. The summed E-state index contributed by atoms with van der Waals surface area (Å²) in [6.07, 6.45) is -2.71. The zero-order chi connectivity index (χ0) is 10.0. The van der Waals surface area contributed by atoms with Gasteiger partial charge in [0.25, 0.3) is 6.43 Å². The van der Waals surface area contributed by atoms with Gasteiger partial charge in [0, 0.05) is 17.3 Å². The molecule has 0 atom stereocenters. The third-order valence-corrected chi connectivity index (χ3v) is 1.82. The van der Waals surface area contributed by atoms with Crippen LogP contribution >= 0.6 is 11.6 Å². The number of alkyl halides is 3. The Balaban J connectivity index is 3.29. The van der Waals surface area contributed by atoms with E-state index in [9.17, 15) is 8.78 Å². The zero-order valence-electron chi connectivity index (χ0n) is 6.60. The molecule has 0 spiro atoms. The summed E-state index contributed by atoms with van der Waals surface area (Å²) in [6.45, 7) is 0. The highest BCUT2D eigenvalue weighted by Crippen LogP contribution is 2.27. The number of nitrogens with zero attached hydrogens (tertiary/aromatic N) is 1. The number of nitrogens with two attached hydrogens (primary N) is 2. The van der Waals surface area contributed by atoms with Crippen LogP contribution in [0.5, 0.6) is 0 Å². The molecule has 1 heterocycles. The molecule has 1 aromatic rings. The molecule has 4 N–H and O–H groups in total. The van der Waals surface area contributed by atoms with E-state index in [1.807, 2.05) is 0 Å². The van der Waals surface area contributed by atoms with Crippen molar-refractivity contribution in [1.82, 2.24) is 4.98 Å². The van der Waals surface area contributed by atoms with Gasteiger partial charge in [0.05, 0.1) is 5.88 Å². The van der Waals surface area contributed by atoms with Gasteiger partial charge >= 0.3 is 0 Å². The number of aromatic nitrogens is 1. The normalized spacial score (nSPS) is 10.8. The van der Waals surface area contributed by atoms with Gasteiger partial charge in [0.15, 0.2) is 0 Å². The molecule has 0 fully saturated rings. The van der Waals surface area contributed by atoms with Crippen molar-refractivity contribution in [3.63, 3.8) is 0 Å². The lowest BCUT2D eigenvalue weighted by atomic mass is 10.2. The molecule has 0 aliphatic heterocycles. The predicted molar refractivity (Wildman–Crippen MR) is 47.6 cm³/mol. The number of hydrogen-bond donors (Lipinski definition) is 2. The van der Waals surface area contributed by atoms with E-state index in [1.165, 1.54) is 6.07 Å². The maximum atomic E-state index is 12.3. The monoisotopic (exact) mass is 207 g/mol. The molecule has 0 aromatic carbocycles. The molecule has 0 saturated heterocycles. The van der Waals surface area contributed by atoms with Crippen LogP contribution in [0.15, 0.2) is 6.07 Å². The summed E-state index contributed by atoms with van der Waals surface area (Å²) >= 11 is 5.44. The molecule has 13 heavy (non-hydrogen) atoms. The minimum absolute atomic E-state index is 0.0262. The summed E-state index contributed by atoms with van der Waals surface area (Å²) in [4.78, 5) is 3.47. The van der Waals surface area contributed by atoms with E-state index in [1.54, 1.807) is 0 Å². The first-order valence-electron chi connectivity index (χ1n) is 3.45. The summed E-state index contributed by atoms with van der Waals surface area (Å²) in [6, 6.07) is 1.31. The quantitative estimate of drug-likeness (QED) is 0.729. The maximum Gasteiger partial charge on any atom is 0.280 e. The number of rotatable bonds is 2. The molecule has 0 bridgehead atoms. The highest BCUT2D eigenvalue weighted by atomic mass is 35.5. The molecule has 1 aromatic heterocycles. The minimum Gasteiger partial charge on any atom is -0.398 e. The van der Waals surface area contributed by atoms with Crippen LogP contribution in [0.25, 0.3) is 0 Å². The average Bonchev–Trinajstić information content (AvgIpc) is 2.02. The Hall–Kier alpha value is -1.10. The van der Waals surface area contributed by atoms with Crippen molar-refractivity contribution in [3.05, 3.63) is 17.3 Å². The van der Waals surface area contributed by atoms with Crippen molar-refractivity contribution in [1.29, 1.82) is 0 Å². The van der Waals surface area contributed by atoms with Gasteiger partial charge in [-0.15, -0.1) is 11.6 Å². The molecule has 0 unspecified atom stereocenters. The van der Waals surface area contributed by atoms with Crippen molar-refractivity contribution >= 4 is 23.1 Å². The smallest absolute Gasteiger partial charge is 0.280 e. The van der Waals surface area contributed by atoms with Crippen molar-refractivity contribution in [2.24, 2.45) is 0 Å². The lowest BCUT2D eigenvalue weighted by Crippen LogP contribution is -2.05. The van der Waals surface area contributed by atoms with Crippen LogP contribution in [0.1, 0.15) is 17.7 Å². The Labute approximate surface area is 78.7 Å². The van der Waals surface area contributed by atoms with E-state index in [4.69, 9.17) is 23.1 Å². The second-order valence-electron chi connectivity index (χ2n) is 2.43. The second-order valence-corrected chi connectivity index (χ2v) is 2.70. The fourth-order valence-electron chi connectivity index (χ4n) is 0.959. The van der Waals surface area contributed by atoms with E-state index in [2.05, 4.69) is 4.98 Å². The van der Waals surface area contributed by atoms with Crippen molar-refractivity contribution in [2.45, 2.75) is 12.3 Å². The SMILES string of the molecule is Nc1cc(N)c(CCl)c(C(F)F)n1. The Morgan fingerprint density at radius 2 is 2.08 bits per heavy atom. The van der Waals surface area contributed by atoms with Crippen LogP contribution in [-0.4, -0.2) is 4.98 Å². The Morgan fingerprint density at radius 1 is 1.46 bits per heavy atom. The second kappa shape index (κ2) is 3.74. The molecule has 0 aliphatic rings. The molecule has 6 heteroatoms. The van der Waals surface area contributed by atoms with Gasteiger partial charge in [-0.05, 0) is 0 Å². The van der Waals surface area contributed by atoms with Crippen LogP contribution in [0.4, 0.5) is 20.3 Å². The molecule has 0 aliphatic carbocycles. The molecular formula is C7H8ClF2N3. The first-order valence-corrected chi connectivity index (χ1v) is 3.98. The van der Waals surface area contributed by atoms with E-state index in [-0.39, 0.29) is 22.9 Å². The number of nitrogen functional groups attached to an aromatic ring is 2. The van der Waals surface area contributed by atoms with Crippen LogP contribution in [0, 0.1) is 0 Å². The fourth-order valence-corrected chi connectivity index (χ4v) is 1.25. The summed E-state index contributed by atoms with van der Waals surface area (Å²) in [5, 5.41) is 0. The number of halogens is 3. The Morgan fingerprint density at radius 3 is 2.54 bits per heavy atom. The Bertz CT molecular complexity index is 317. The topological polar surface area (TPSA) is 64.9 Å². The molecule has 0 saturated carbocycles. The third-order valence-electron chi connectivity index (χ3n) is 1.55. The molecule has 3 nitrogen and oxygen atoms in total. The highest BCUT2D eigenvalue weighted by Gasteiger charge is 2.17. The molecule has 0 amide bonds. The van der Waals surface area contributed by atoms with Crippen LogP contribution in [0.2, 0.25) is 0 Å². The predicted octanol–water partition coefficient (Wildman–Crippen LogP) is 1.92. The van der Waals surface area contributed by atoms with E-state index < -0.39 is 12.1 Å². The number of hydrogen-bond acceptors (Lipinski definition) is 3. The van der Waals surface area contributed by atoms with Gasteiger partial charge in [0.1, 0.15) is 11.5 Å². The van der Waals surface area contributed by atoms with E-state index >= 15 is 0 Å². The fraction of sp³-hybridized carbons (Fsp3) is 0.286. The summed E-state index contributed by atoms with van der Waals surface area (Å²) < 4.78 is 24.7. The van der Waals surface area contributed by atoms with Crippen LogP contribution < -0.4 is 11.5 Å². The van der Waals surface area contributed by atoms with Gasteiger partial charge in [-0.3, -0.25) is 0 Å². The first kappa shape index (κ1) is 9.98. The van der Waals surface area contributed by atoms with Gasteiger partial charge in [-0.1, -0.05) is 0 Å². The van der Waals surface area contributed by atoms with Gasteiger partial charge in [-0.25, -0.2) is 13.8 Å². The summed E-state index contributed by atoms with van der Waals surface area (Å²) in [5.74, 6) is -0.125. The number of anilines is 2. The van der Waals surface area contributed by atoms with Gasteiger partial charge in [0.2, 0.25) is 0 Å². The summed E-state index contributed by atoms with van der Waals surface area (Å²) in [7, 11) is 0. The zero-order valence-corrected chi connectivity index (χ0v) is 7.35. The number of pyridine rings is 1. The summed E-state index contributed by atoms with van der Waals surface area (Å²) in [5.41, 5.74) is 10.5. The molecule has 1 rings (SSSR count). The van der Waals surface area contributed by atoms with Crippen molar-refractivity contribution in [2.75, 3.05) is 11.5 Å². The van der Waals surface area contributed by atoms with E-state index in [0.717, 1.165) is 0 Å². The average molecular weight is 208 g/mol. The molecule has 72 valence electrons. The third kappa shape index (κ3) is 1.98. The van der Waals surface area contributed by atoms with E-state index in [0.29, 0.717) is 0 Å². The van der Waals surface area contributed by atoms with Gasteiger partial charge in [-0.2, -0.15) is 0 Å². The Kier molecular flexibility index (Phi) is 2.87. The van der Waals surface area contributed by atoms with Crippen molar-refractivity contribution in [3.8, 4) is 0 Å². The van der Waals surface area contributed by atoms with Crippen molar-refractivity contribution < 1.29 is 8.78 Å². The maximum absolute atomic E-state index is 12.3. The standard InChI is InChI=1S/C7H8ClF2N3/c8-2-3-4(11)1-5(12)13-6(3)7(9)10/h1,7H,2H2,(H4,11,12,13). The largest absolute Gasteiger partial charge is 0.398 e. The minimum atomic E-state index is -2.71. The first-order chi connectivity index (χ1) is 6.06. The highest BCUT2D eigenvalue weighted by molar-refractivity contribution is 6.17.